The van der Waals surface area contributed by atoms with Gasteiger partial charge in [0.15, 0.2) is 11.5 Å². The van der Waals surface area contributed by atoms with E-state index in [9.17, 15) is 13.2 Å². The van der Waals surface area contributed by atoms with Crippen molar-refractivity contribution in [2.24, 2.45) is 0 Å². The summed E-state index contributed by atoms with van der Waals surface area (Å²) in [5.41, 5.74) is 1.29. The zero-order valence-corrected chi connectivity index (χ0v) is 20.3. The first-order chi connectivity index (χ1) is 15.8. The van der Waals surface area contributed by atoms with E-state index in [1.165, 1.54) is 30.7 Å². The summed E-state index contributed by atoms with van der Waals surface area (Å²) in [7, 11) is 2.98. The Morgan fingerprint density at radius 3 is 2.36 bits per heavy atom. The van der Waals surface area contributed by atoms with Crippen molar-refractivity contribution in [2.75, 3.05) is 52.3 Å². The van der Waals surface area contributed by atoms with Gasteiger partial charge in [-0.2, -0.15) is 0 Å². The molecule has 1 saturated heterocycles. The molecule has 1 atom stereocenters. The normalized spacial score (nSPS) is 19.3. The van der Waals surface area contributed by atoms with Gasteiger partial charge < -0.3 is 19.3 Å². The number of carbonyl (C=O) groups excluding carboxylic acids is 1. The van der Waals surface area contributed by atoms with Crippen LogP contribution in [0.5, 0.6) is 11.5 Å². The second kappa shape index (κ2) is 9.23. The van der Waals surface area contributed by atoms with Gasteiger partial charge in [0.25, 0.3) is 10.0 Å². The van der Waals surface area contributed by atoms with Gasteiger partial charge >= 0.3 is 0 Å². The molecule has 0 aromatic heterocycles. The summed E-state index contributed by atoms with van der Waals surface area (Å²) in [5, 5.41) is 0. The zero-order chi connectivity index (χ0) is 23.8. The van der Waals surface area contributed by atoms with E-state index >= 15 is 0 Å². The average Bonchev–Trinajstić information content (AvgIpc) is 3.23. The fourth-order valence-electron chi connectivity index (χ4n) is 4.72. The third-order valence-corrected chi connectivity index (χ3v) is 8.53. The van der Waals surface area contributed by atoms with E-state index in [0.717, 1.165) is 31.5 Å². The minimum Gasteiger partial charge on any atom is -0.493 e. The number of carbonyl (C=O) groups is 1. The summed E-state index contributed by atoms with van der Waals surface area (Å²) in [5.74, 6) is 0.203. The molecule has 0 bridgehead atoms. The molecule has 1 fully saturated rings. The van der Waals surface area contributed by atoms with Gasteiger partial charge in [-0.05, 0) is 56.7 Å². The lowest BCUT2D eigenvalue weighted by Crippen LogP contribution is -2.46. The molecule has 0 N–H and O–H groups in total. The Hall–Kier alpha value is -2.78. The van der Waals surface area contributed by atoms with Crippen LogP contribution in [0.1, 0.15) is 24.3 Å². The topological polar surface area (TPSA) is 79.4 Å². The van der Waals surface area contributed by atoms with Crippen LogP contribution in [-0.4, -0.2) is 78.1 Å². The molecule has 2 aromatic rings. The number of methoxy groups -OCH3 is 2. The Labute approximate surface area is 195 Å². The Bertz CT molecular complexity index is 1130. The molecule has 0 aliphatic carbocycles. The Balaban J connectivity index is 1.64. The second-order valence-electron chi connectivity index (χ2n) is 8.65. The van der Waals surface area contributed by atoms with Gasteiger partial charge in [-0.1, -0.05) is 18.2 Å². The number of fused-ring (bicyclic) bond motifs is 1. The monoisotopic (exact) mass is 473 g/mol. The summed E-state index contributed by atoms with van der Waals surface area (Å²) in [6, 6.07) is 11.9. The van der Waals surface area contributed by atoms with Gasteiger partial charge in [-0.3, -0.25) is 9.10 Å². The van der Waals surface area contributed by atoms with Gasteiger partial charge in [0.2, 0.25) is 5.91 Å². The maximum absolute atomic E-state index is 13.6. The number of anilines is 1. The van der Waals surface area contributed by atoms with E-state index in [1.807, 2.05) is 24.1 Å². The van der Waals surface area contributed by atoms with Crippen LogP contribution in [-0.2, 0) is 14.8 Å². The molecular formula is C24H31N3O5S. The lowest BCUT2D eigenvalue weighted by Gasteiger charge is -2.36. The van der Waals surface area contributed by atoms with E-state index in [-0.39, 0.29) is 23.4 Å². The van der Waals surface area contributed by atoms with Crippen LogP contribution in [0, 0.1) is 0 Å². The number of benzene rings is 2. The number of para-hydroxylation sites is 1. The third-order valence-electron chi connectivity index (χ3n) is 6.75. The zero-order valence-electron chi connectivity index (χ0n) is 19.5. The first-order valence-corrected chi connectivity index (χ1v) is 12.5. The molecule has 2 aliphatic heterocycles. The second-order valence-corrected chi connectivity index (χ2v) is 10.5. The average molecular weight is 474 g/mol. The van der Waals surface area contributed by atoms with Crippen LogP contribution in [0.3, 0.4) is 0 Å². The first-order valence-electron chi connectivity index (χ1n) is 11.1. The minimum atomic E-state index is -3.91. The standard InChI is InChI=1S/C24H31N3O5S/c1-25-13-11-17(12-14-25)26(2)24(28)20-16-27(21-8-6-5-7-19(20)21)33(29,30)18-9-10-22(31-3)23(15-18)32-4/h5-10,15,17,20H,11-14,16H2,1-4H3. The van der Waals surface area contributed by atoms with Crippen molar-refractivity contribution < 1.29 is 22.7 Å². The van der Waals surface area contributed by atoms with Gasteiger partial charge in [-0.25, -0.2) is 8.42 Å². The van der Waals surface area contributed by atoms with E-state index in [0.29, 0.717) is 17.2 Å². The number of sulfonamides is 1. The SMILES string of the molecule is COc1ccc(S(=O)(=O)N2CC(C(=O)N(C)C3CCN(C)CC3)c3ccccc32)cc1OC. The molecule has 2 heterocycles. The van der Waals surface area contributed by atoms with Crippen molar-refractivity contribution in [3.8, 4) is 11.5 Å². The maximum atomic E-state index is 13.6. The van der Waals surface area contributed by atoms with Crippen LogP contribution < -0.4 is 13.8 Å². The molecule has 0 saturated carbocycles. The number of rotatable bonds is 6. The highest BCUT2D eigenvalue weighted by Gasteiger charge is 2.42. The molecule has 1 amide bonds. The van der Waals surface area contributed by atoms with Gasteiger partial charge in [0.05, 0.1) is 37.3 Å². The molecule has 0 radical (unpaired) electrons. The summed E-state index contributed by atoms with van der Waals surface area (Å²) in [4.78, 5) is 17.7. The predicted molar refractivity (Wildman–Crippen MR) is 127 cm³/mol. The van der Waals surface area contributed by atoms with Gasteiger partial charge in [0.1, 0.15) is 0 Å². The fourth-order valence-corrected chi connectivity index (χ4v) is 6.24. The smallest absolute Gasteiger partial charge is 0.264 e. The lowest BCUT2D eigenvalue weighted by atomic mass is 9.97. The number of ether oxygens (including phenoxy) is 2. The summed E-state index contributed by atoms with van der Waals surface area (Å²) in [6.45, 7) is 1.97. The summed E-state index contributed by atoms with van der Waals surface area (Å²) in [6.07, 6.45) is 1.83. The van der Waals surface area contributed by atoms with Crippen molar-refractivity contribution >= 4 is 21.6 Å². The molecule has 0 spiro atoms. The number of likely N-dealkylation sites (tertiary alicyclic amines) is 1. The van der Waals surface area contributed by atoms with Crippen molar-refractivity contribution in [2.45, 2.75) is 29.7 Å². The first kappa shape index (κ1) is 23.4. The molecule has 2 aliphatic rings. The molecule has 4 rings (SSSR count). The Morgan fingerprint density at radius 2 is 1.70 bits per heavy atom. The highest BCUT2D eigenvalue weighted by molar-refractivity contribution is 7.92. The van der Waals surface area contributed by atoms with Gasteiger partial charge in [-0.15, -0.1) is 0 Å². The number of hydrogen-bond donors (Lipinski definition) is 0. The van der Waals surface area contributed by atoms with Crippen molar-refractivity contribution in [1.29, 1.82) is 0 Å². The molecule has 2 aromatic carbocycles. The third kappa shape index (κ3) is 4.27. The molecule has 1 unspecified atom stereocenters. The number of piperidine rings is 1. The van der Waals surface area contributed by atoms with Crippen LogP contribution in [0.15, 0.2) is 47.4 Å². The number of amides is 1. The number of hydrogen-bond acceptors (Lipinski definition) is 6. The van der Waals surface area contributed by atoms with E-state index < -0.39 is 15.9 Å². The van der Waals surface area contributed by atoms with Crippen molar-refractivity contribution in [1.82, 2.24) is 9.80 Å². The number of likely N-dealkylation sites (N-methyl/N-ethyl adjacent to an activating group) is 1. The molecule has 8 nitrogen and oxygen atoms in total. The largest absolute Gasteiger partial charge is 0.493 e. The minimum absolute atomic E-state index is 0.0398. The van der Waals surface area contributed by atoms with Crippen LogP contribution in [0.2, 0.25) is 0 Å². The fraction of sp³-hybridized carbons (Fsp3) is 0.458. The predicted octanol–water partition coefficient (Wildman–Crippen LogP) is 2.55. The van der Waals surface area contributed by atoms with E-state index in [4.69, 9.17) is 9.47 Å². The van der Waals surface area contributed by atoms with Crippen LogP contribution in [0.25, 0.3) is 0 Å². The van der Waals surface area contributed by atoms with Crippen LogP contribution in [0.4, 0.5) is 5.69 Å². The van der Waals surface area contributed by atoms with E-state index in [1.54, 1.807) is 18.2 Å². The van der Waals surface area contributed by atoms with E-state index in [2.05, 4.69) is 11.9 Å². The highest BCUT2D eigenvalue weighted by Crippen LogP contribution is 2.41. The number of nitrogens with zero attached hydrogens (tertiary/aromatic N) is 3. The van der Waals surface area contributed by atoms with Crippen molar-refractivity contribution in [3.05, 3.63) is 48.0 Å². The highest BCUT2D eigenvalue weighted by atomic mass is 32.2. The Morgan fingerprint density at radius 1 is 1.03 bits per heavy atom. The van der Waals surface area contributed by atoms with Crippen molar-refractivity contribution in [3.63, 3.8) is 0 Å². The summed E-state index contributed by atoms with van der Waals surface area (Å²) < 4.78 is 39.2. The molecule has 178 valence electrons. The quantitative estimate of drug-likeness (QED) is 0.642. The molecular weight excluding hydrogens is 442 g/mol. The summed E-state index contributed by atoms with van der Waals surface area (Å²) >= 11 is 0. The lowest BCUT2D eigenvalue weighted by molar-refractivity contribution is -0.134. The molecule has 9 heteroatoms. The Kier molecular flexibility index (Phi) is 6.54. The van der Waals surface area contributed by atoms with Crippen LogP contribution >= 0.6 is 0 Å². The van der Waals surface area contributed by atoms with Gasteiger partial charge in [0, 0.05) is 19.2 Å². The molecule has 33 heavy (non-hydrogen) atoms. The maximum Gasteiger partial charge on any atom is 0.264 e.